The van der Waals surface area contributed by atoms with Gasteiger partial charge < -0.3 is 14.8 Å². The van der Waals surface area contributed by atoms with E-state index in [0.29, 0.717) is 18.0 Å². The van der Waals surface area contributed by atoms with Crippen LogP contribution in [0, 0.1) is 6.92 Å². The first kappa shape index (κ1) is 23.2. The van der Waals surface area contributed by atoms with E-state index in [0.717, 1.165) is 24.0 Å². The van der Waals surface area contributed by atoms with Crippen LogP contribution in [0.2, 0.25) is 0 Å². The second-order valence-electron chi connectivity index (χ2n) is 8.04. The molecule has 7 nitrogen and oxygen atoms in total. The number of rotatable bonds is 9. The van der Waals surface area contributed by atoms with Crippen molar-refractivity contribution in [3.8, 4) is 5.75 Å². The van der Waals surface area contributed by atoms with Crippen LogP contribution in [0.1, 0.15) is 43.7 Å². The molecule has 2 aromatic carbocycles. The zero-order valence-corrected chi connectivity index (χ0v) is 19.0. The van der Waals surface area contributed by atoms with Gasteiger partial charge in [-0.3, -0.25) is 4.79 Å². The summed E-state index contributed by atoms with van der Waals surface area (Å²) < 4.78 is 38.6. The van der Waals surface area contributed by atoms with Gasteiger partial charge in [0, 0.05) is 18.8 Å². The number of hydrogen-bond donors (Lipinski definition) is 2. The third-order valence-corrected chi connectivity index (χ3v) is 6.56. The van der Waals surface area contributed by atoms with Gasteiger partial charge in [0.2, 0.25) is 10.0 Å². The molecule has 0 bridgehead atoms. The van der Waals surface area contributed by atoms with E-state index in [1.54, 1.807) is 12.1 Å². The van der Waals surface area contributed by atoms with Crippen LogP contribution in [0.25, 0.3) is 0 Å². The van der Waals surface area contributed by atoms with Crippen molar-refractivity contribution in [3.05, 3.63) is 53.6 Å². The highest BCUT2D eigenvalue weighted by molar-refractivity contribution is 7.89. The lowest BCUT2D eigenvalue weighted by Gasteiger charge is -2.15. The Hall–Kier alpha value is -2.42. The lowest BCUT2D eigenvalue weighted by molar-refractivity contribution is -0.118. The van der Waals surface area contributed by atoms with Gasteiger partial charge in [-0.25, -0.2) is 13.1 Å². The third-order valence-electron chi connectivity index (χ3n) is 5.12. The Morgan fingerprint density at radius 1 is 1.19 bits per heavy atom. The van der Waals surface area contributed by atoms with Crippen molar-refractivity contribution < 1.29 is 22.7 Å². The molecule has 1 fully saturated rings. The average molecular weight is 447 g/mol. The third kappa shape index (κ3) is 6.53. The highest BCUT2D eigenvalue weighted by Gasteiger charge is 2.20. The van der Waals surface area contributed by atoms with Gasteiger partial charge in [-0.2, -0.15) is 0 Å². The first-order chi connectivity index (χ1) is 14.7. The lowest BCUT2D eigenvalue weighted by atomic mass is 10.0. The summed E-state index contributed by atoms with van der Waals surface area (Å²) in [4.78, 5) is 12.4. The van der Waals surface area contributed by atoms with E-state index in [-0.39, 0.29) is 36.0 Å². The SMILES string of the molecule is Cc1ccc(C(C)C)c(OCC(=O)Nc2ccc(S(=O)(=O)NCC3CCCO3)cc2)c1. The molecule has 2 N–H and O–H groups in total. The van der Waals surface area contributed by atoms with Crippen molar-refractivity contribution in [2.75, 3.05) is 25.1 Å². The number of nitrogens with one attached hydrogen (secondary N) is 2. The van der Waals surface area contributed by atoms with Gasteiger partial charge >= 0.3 is 0 Å². The maximum Gasteiger partial charge on any atom is 0.262 e. The Kier molecular flexibility index (Phi) is 7.69. The van der Waals surface area contributed by atoms with Crippen LogP contribution in [0.15, 0.2) is 47.4 Å². The molecule has 0 aromatic heterocycles. The number of benzene rings is 2. The number of sulfonamides is 1. The van der Waals surface area contributed by atoms with Gasteiger partial charge in [0.15, 0.2) is 6.61 Å². The molecule has 1 amide bonds. The number of ether oxygens (including phenoxy) is 2. The van der Waals surface area contributed by atoms with E-state index in [4.69, 9.17) is 9.47 Å². The summed E-state index contributed by atoms with van der Waals surface area (Å²) in [6, 6.07) is 12.0. The Bertz CT molecular complexity index is 997. The number of carbonyl (C=O) groups is 1. The van der Waals surface area contributed by atoms with E-state index >= 15 is 0 Å². The second kappa shape index (κ2) is 10.3. The minimum atomic E-state index is -3.62. The van der Waals surface area contributed by atoms with Gasteiger partial charge in [0.1, 0.15) is 5.75 Å². The van der Waals surface area contributed by atoms with E-state index in [1.165, 1.54) is 12.1 Å². The number of hydrogen-bond acceptors (Lipinski definition) is 5. The molecule has 0 saturated carbocycles. The molecule has 1 unspecified atom stereocenters. The summed E-state index contributed by atoms with van der Waals surface area (Å²) in [5.74, 6) is 0.661. The number of aryl methyl sites for hydroxylation is 1. The first-order valence-electron chi connectivity index (χ1n) is 10.5. The summed E-state index contributed by atoms with van der Waals surface area (Å²) in [6.07, 6.45) is 1.74. The van der Waals surface area contributed by atoms with Crippen LogP contribution >= 0.6 is 0 Å². The maximum absolute atomic E-state index is 12.4. The van der Waals surface area contributed by atoms with Gasteiger partial charge in [0.25, 0.3) is 5.91 Å². The van der Waals surface area contributed by atoms with Crippen molar-refractivity contribution in [2.45, 2.75) is 50.5 Å². The van der Waals surface area contributed by atoms with Crippen LogP contribution in [0.4, 0.5) is 5.69 Å². The molecule has 1 aliphatic rings. The lowest BCUT2D eigenvalue weighted by Crippen LogP contribution is -2.31. The van der Waals surface area contributed by atoms with E-state index in [2.05, 4.69) is 23.9 Å². The number of carbonyl (C=O) groups excluding carboxylic acids is 1. The van der Waals surface area contributed by atoms with Gasteiger partial charge in [-0.15, -0.1) is 0 Å². The standard InChI is InChI=1S/C23H30N2O5S/c1-16(2)21-11-6-17(3)13-22(21)30-15-23(26)25-18-7-9-20(10-8-18)31(27,28)24-14-19-5-4-12-29-19/h6-11,13,16,19,24H,4-5,12,14-15H2,1-3H3,(H,25,26). The van der Waals surface area contributed by atoms with Gasteiger partial charge in [-0.05, 0) is 67.1 Å². The fourth-order valence-electron chi connectivity index (χ4n) is 3.39. The molecule has 3 rings (SSSR count). The van der Waals surface area contributed by atoms with E-state index in [9.17, 15) is 13.2 Å². The predicted octanol–water partition coefficient (Wildman–Crippen LogP) is 3.59. The van der Waals surface area contributed by atoms with Crippen LogP contribution in [-0.4, -0.2) is 40.2 Å². The molecule has 0 radical (unpaired) electrons. The molecule has 8 heteroatoms. The topological polar surface area (TPSA) is 93.7 Å². The molecule has 168 valence electrons. The molecule has 31 heavy (non-hydrogen) atoms. The highest BCUT2D eigenvalue weighted by Crippen LogP contribution is 2.27. The molecule has 1 heterocycles. The van der Waals surface area contributed by atoms with Crippen molar-refractivity contribution in [1.82, 2.24) is 4.72 Å². The molecule has 2 aromatic rings. The summed E-state index contributed by atoms with van der Waals surface area (Å²) in [7, 11) is -3.62. The largest absolute Gasteiger partial charge is 0.483 e. The summed E-state index contributed by atoms with van der Waals surface area (Å²) in [5, 5.41) is 2.73. The molecular weight excluding hydrogens is 416 g/mol. The quantitative estimate of drug-likeness (QED) is 0.614. The molecule has 1 atom stereocenters. The van der Waals surface area contributed by atoms with Crippen molar-refractivity contribution in [2.24, 2.45) is 0 Å². The average Bonchev–Trinajstić information content (AvgIpc) is 3.25. The van der Waals surface area contributed by atoms with Crippen LogP contribution < -0.4 is 14.8 Å². The van der Waals surface area contributed by atoms with Crippen molar-refractivity contribution >= 4 is 21.6 Å². The molecule has 0 spiro atoms. The fraction of sp³-hybridized carbons (Fsp3) is 0.435. The van der Waals surface area contributed by atoms with Crippen molar-refractivity contribution in [3.63, 3.8) is 0 Å². The normalized spacial score (nSPS) is 16.5. The summed E-state index contributed by atoms with van der Waals surface area (Å²) >= 11 is 0. The monoisotopic (exact) mass is 446 g/mol. The molecular formula is C23H30N2O5S. The number of anilines is 1. The van der Waals surface area contributed by atoms with E-state index in [1.807, 2.05) is 25.1 Å². The Morgan fingerprint density at radius 3 is 2.58 bits per heavy atom. The van der Waals surface area contributed by atoms with Crippen LogP contribution in [0.5, 0.6) is 5.75 Å². The molecule has 0 aliphatic carbocycles. The van der Waals surface area contributed by atoms with Crippen molar-refractivity contribution in [1.29, 1.82) is 0 Å². The fourth-order valence-corrected chi connectivity index (χ4v) is 4.46. The summed E-state index contributed by atoms with van der Waals surface area (Å²) in [6.45, 7) is 6.92. The van der Waals surface area contributed by atoms with Crippen LogP contribution in [0.3, 0.4) is 0 Å². The van der Waals surface area contributed by atoms with E-state index < -0.39 is 10.0 Å². The minimum absolute atomic E-state index is 0.0713. The zero-order valence-electron chi connectivity index (χ0n) is 18.2. The van der Waals surface area contributed by atoms with Gasteiger partial charge in [0.05, 0.1) is 11.0 Å². The molecule has 1 aliphatic heterocycles. The predicted molar refractivity (Wildman–Crippen MR) is 120 cm³/mol. The number of amides is 1. The minimum Gasteiger partial charge on any atom is -0.483 e. The van der Waals surface area contributed by atoms with Gasteiger partial charge in [-0.1, -0.05) is 26.0 Å². The smallest absolute Gasteiger partial charge is 0.262 e. The Balaban J connectivity index is 1.55. The first-order valence-corrected chi connectivity index (χ1v) is 12.0. The second-order valence-corrected chi connectivity index (χ2v) is 9.81. The Morgan fingerprint density at radius 2 is 1.94 bits per heavy atom. The maximum atomic E-state index is 12.4. The summed E-state index contributed by atoms with van der Waals surface area (Å²) in [5.41, 5.74) is 2.60. The zero-order chi connectivity index (χ0) is 22.4. The Labute approximate surface area is 184 Å². The molecule has 1 saturated heterocycles. The van der Waals surface area contributed by atoms with Crippen LogP contribution in [-0.2, 0) is 19.6 Å². The highest BCUT2D eigenvalue weighted by atomic mass is 32.2.